The predicted molar refractivity (Wildman–Crippen MR) is 47.6 cm³/mol. The van der Waals surface area contributed by atoms with Crippen LogP contribution >= 0.6 is 0 Å². The van der Waals surface area contributed by atoms with Crippen molar-refractivity contribution in [2.75, 3.05) is 0 Å². The highest BCUT2D eigenvalue weighted by Crippen LogP contribution is 2.15. The van der Waals surface area contributed by atoms with Crippen molar-refractivity contribution in [2.24, 2.45) is 11.8 Å². The summed E-state index contributed by atoms with van der Waals surface area (Å²) in [6.45, 7) is 13.5. The van der Waals surface area contributed by atoms with Crippen LogP contribution in [0.15, 0.2) is 25.3 Å². The van der Waals surface area contributed by atoms with Crippen LogP contribution in [0.25, 0.3) is 0 Å². The van der Waals surface area contributed by atoms with Gasteiger partial charge in [0.2, 0.25) is 0 Å². The Morgan fingerprint density at radius 1 is 1.40 bits per heavy atom. The SMILES string of the molecule is [CH2]C(C=C)CC(C)CC=C. The molecule has 0 heteroatoms. The van der Waals surface area contributed by atoms with Crippen LogP contribution in [0.1, 0.15) is 19.8 Å². The first kappa shape index (κ1) is 9.48. The van der Waals surface area contributed by atoms with E-state index in [1.165, 1.54) is 0 Å². The third-order valence-corrected chi connectivity index (χ3v) is 1.61. The number of allylic oxidation sites excluding steroid dienone is 2. The van der Waals surface area contributed by atoms with E-state index in [9.17, 15) is 0 Å². The first-order chi connectivity index (χ1) is 4.70. The zero-order chi connectivity index (χ0) is 7.98. The highest BCUT2D eigenvalue weighted by atomic mass is 14.1. The Hall–Kier alpha value is -0.520. The largest absolute Gasteiger partial charge is 0.103 e. The summed E-state index contributed by atoms with van der Waals surface area (Å²) in [6, 6.07) is 0. The molecule has 0 aromatic heterocycles. The quantitative estimate of drug-likeness (QED) is 0.510. The van der Waals surface area contributed by atoms with Crippen LogP contribution in [0.5, 0.6) is 0 Å². The zero-order valence-electron chi connectivity index (χ0n) is 6.84. The molecule has 1 radical (unpaired) electrons. The van der Waals surface area contributed by atoms with Gasteiger partial charge in [-0.15, -0.1) is 13.2 Å². The van der Waals surface area contributed by atoms with E-state index in [2.05, 4.69) is 27.0 Å². The number of hydrogen-bond donors (Lipinski definition) is 0. The summed E-state index contributed by atoms with van der Waals surface area (Å²) < 4.78 is 0. The van der Waals surface area contributed by atoms with E-state index < -0.39 is 0 Å². The highest BCUT2D eigenvalue weighted by Gasteiger charge is 2.02. The lowest BCUT2D eigenvalue weighted by Gasteiger charge is -2.11. The van der Waals surface area contributed by atoms with Crippen LogP contribution in [0.2, 0.25) is 0 Å². The molecule has 0 bridgehead atoms. The number of hydrogen-bond acceptors (Lipinski definition) is 0. The average Bonchev–Trinajstić information content (AvgIpc) is 1.88. The summed E-state index contributed by atoms with van der Waals surface area (Å²) in [5.74, 6) is 1.09. The number of rotatable bonds is 5. The zero-order valence-corrected chi connectivity index (χ0v) is 6.84. The van der Waals surface area contributed by atoms with Crippen molar-refractivity contribution in [1.29, 1.82) is 0 Å². The van der Waals surface area contributed by atoms with Crippen molar-refractivity contribution >= 4 is 0 Å². The van der Waals surface area contributed by atoms with Crippen LogP contribution in [0.3, 0.4) is 0 Å². The van der Waals surface area contributed by atoms with E-state index in [1.54, 1.807) is 0 Å². The highest BCUT2D eigenvalue weighted by molar-refractivity contribution is 4.83. The fourth-order valence-corrected chi connectivity index (χ4v) is 0.994. The maximum atomic E-state index is 3.93. The molecule has 57 valence electrons. The molecule has 10 heavy (non-hydrogen) atoms. The van der Waals surface area contributed by atoms with Crippen LogP contribution < -0.4 is 0 Å². The second-order valence-corrected chi connectivity index (χ2v) is 2.86. The van der Waals surface area contributed by atoms with Crippen molar-refractivity contribution in [3.8, 4) is 0 Å². The molecule has 2 unspecified atom stereocenters. The van der Waals surface area contributed by atoms with Gasteiger partial charge in [0.25, 0.3) is 0 Å². The lowest BCUT2D eigenvalue weighted by atomic mass is 9.95. The summed E-state index contributed by atoms with van der Waals surface area (Å²) in [5.41, 5.74) is 0. The van der Waals surface area contributed by atoms with Gasteiger partial charge in [-0.25, -0.2) is 0 Å². The monoisotopic (exact) mass is 137 g/mol. The molecular formula is C10H17. The van der Waals surface area contributed by atoms with Gasteiger partial charge < -0.3 is 0 Å². The smallest absolute Gasteiger partial charge is 0.0233 e. The first-order valence-electron chi connectivity index (χ1n) is 3.77. The molecule has 0 spiro atoms. The van der Waals surface area contributed by atoms with Crippen molar-refractivity contribution in [3.05, 3.63) is 32.2 Å². The lowest BCUT2D eigenvalue weighted by molar-refractivity contribution is 0.495. The van der Waals surface area contributed by atoms with Gasteiger partial charge >= 0.3 is 0 Å². The minimum atomic E-state index is 0.398. The molecule has 0 aliphatic heterocycles. The maximum Gasteiger partial charge on any atom is -0.0233 e. The summed E-state index contributed by atoms with van der Waals surface area (Å²) in [6.07, 6.45) is 6.06. The third kappa shape index (κ3) is 4.37. The molecule has 0 saturated heterocycles. The molecule has 0 aromatic carbocycles. The Kier molecular flexibility index (Phi) is 5.00. The molecule has 0 fully saturated rings. The Balaban J connectivity index is 3.45. The minimum absolute atomic E-state index is 0.398. The summed E-state index contributed by atoms with van der Waals surface area (Å²) in [4.78, 5) is 0. The van der Waals surface area contributed by atoms with E-state index in [-0.39, 0.29) is 0 Å². The molecule has 0 N–H and O–H groups in total. The molecule has 0 saturated carbocycles. The molecule has 2 atom stereocenters. The fourth-order valence-electron chi connectivity index (χ4n) is 0.994. The Morgan fingerprint density at radius 2 is 2.00 bits per heavy atom. The van der Waals surface area contributed by atoms with Crippen molar-refractivity contribution < 1.29 is 0 Å². The van der Waals surface area contributed by atoms with Gasteiger partial charge in [0.15, 0.2) is 0 Å². The van der Waals surface area contributed by atoms with Gasteiger partial charge in [0.05, 0.1) is 0 Å². The summed E-state index contributed by atoms with van der Waals surface area (Å²) in [5, 5.41) is 0. The van der Waals surface area contributed by atoms with E-state index in [0.29, 0.717) is 11.8 Å². The molecule has 0 amide bonds. The molecule has 0 aromatic rings. The second-order valence-electron chi connectivity index (χ2n) is 2.86. The van der Waals surface area contributed by atoms with Gasteiger partial charge in [0, 0.05) is 0 Å². The fraction of sp³-hybridized carbons (Fsp3) is 0.500. The first-order valence-corrected chi connectivity index (χ1v) is 3.77. The van der Waals surface area contributed by atoms with Gasteiger partial charge in [-0.05, 0) is 31.6 Å². The Morgan fingerprint density at radius 3 is 2.40 bits per heavy atom. The molecule has 0 aliphatic rings. The lowest BCUT2D eigenvalue weighted by Crippen LogP contribution is -1.99. The third-order valence-electron chi connectivity index (χ3n) is 1.61. The maximum absolute atomic E-state index is 3.93. The van der Waals surface area contributed by atoms with E-state index >= 15 is 0 Å². The average molecular weight is 137 g/mol. The van der Waals surface area contributed by atoms with Gasteiger partial charge in [-0.1, -0.05) is 19.1 Å². The Bertz CT molecular complexity index is 103. The molecule has 0 rings (SSSR count). The van der Waals surface area contributed by atoms with Gasteiger partial charge in [-0.3, -0.25) is 0 Å². The normalized spacial score (nSPS) is 15.8. The molecular weight excluding hydrogens is 120 g/mol. The van der Waals surface area contributed by atoms with Crippen LogP contribution in [-0.2, 0) is 0 Å². The van der Waals surface area contributed by atoms with Gasteiger partial charge in [0.1, 0.15) is 0 Å². The van der Waals surface area contributed by atoms with Gasteiger partial charge in [-0.2, -0.15) is 0 Å². The molecule has 0 nitrogen and oxygen atoms in total. The second kappa shape index (κ2) is 5.28. The van der Waals surface area contributed by atoms with Crippen molar-refractivity contribution in [3.63, 3.8) is 0 Å². The topological polar surface area (TPSA) is 0 Å². The van der Waals surface area contributed by atoms with Crippen LogP contribution in [0, 0.1) is 18.8 Å². The standard InChI is InChI=1S/C10H17/c1-5-7-10(4)8-9(3)6-2/h5-6,9-10H,1-3,7-8H2,4H3. The van der Waals surface area contributed by atoms with E-state index in [0.717, 1.165) is 12.8 Å². The van der Waals surface area contributed by atoms with Crippen molar-refractivity contribution in [2.45, 2.75) is 19.8 Å². The predicted octanol–water partition coefficient (Wildman–Crippen LogP) is 3.22. The summed E-state index contributed by atoms with van der Waals surface area (Å²) in [7, 11) is 0. The Labute approximate surface area is 64.6 Å². The molecule has 0 aliphatic carbocycles. The van der Waals surface area contributed by atoms with Crippen molar-refractivity contribution in [1.82, 2.24) is 0 Å². The molecule has 0 heterocycles. The van der Waals surface area contributed by atoms with E-state index in [1.807, 2.05) is 12.2 Å². The van der Waals surface area contributed by atoms with Crippen LogP contribution in [-0.4, -0.2) is 0 Å². The van der Waals surface area contributed by atoms with Crippen LogP contribution in [0.4, 0.5) is 0 Å². The summed E-state index contributed by atoms with van der Waals surface area (Å²) >= 11 is 0. The minimum Gasteiger partial charge on any atom is -0.103 e. The van der Waals surface area contributed by atoms with E-state index in [4.69, 9.17) is 0 Å².